The summed E-state index contributed by atoms with van der Waals surface area (Å²) in [4.78, 5) is 18.2. The van der Waals surface area contributed by atoms with Gasteiger partial charge in [0.05, 0.1) is 6.10 Å². The van der Waals surface area contributed by atoms with E-state index >= 15 is 0 Å². The molecule has 3 N–H and O–H groups in total. The second-order valence-corrected chi connectivity index (χ2v) is 5.13. The lowest BCUT2D eigenvalue weighted by Crippen LogP contribution is -2.41. The zero-order valence-electron chi connectivity index (χ0n) is 11.2. The molecule has 0 aliphatic carbocycles. The monoisotopic (exact) mass is 263 g/mol. The highest BCUT2D eigenvalue weighted by Crippen LogP contribution is 2.21. The molecule has 5 nitrogen and oxygen atoms in total. The third-order valence-electron chi connectivity index (χ3n) is 3.79. The number of piperidine rings is 1. The average molecular weight is 263 g/mol. The van der Waals surface area contributed by atoms with Crippen molar-refractivity contribution >= 4 is 5.91 Å². The SMILES string of the molecule is CC(O)C1CCN(C(=O)c2ccc(CN)cn2)CC1. The Balaban J connectivity index is 1.97. The van der Waals surface area contributed by atoms with Crippen LogP contribution in [0.3, 0.4) is 0 Å². The van der Waals surface area contributed by atoms with Crippen molar-refractivity contribution < 1.29 is 9.90 Å². The second kappa shape index (κ2) is 6.12. The molecular formula is C14H21N3O2. The highest BCUT2D eigenvalue weighted by molar-refractivity contribution is 5.92. The third-order valence-corrected chi connectivity index (χ3v) is 3.79. The Morgan fingerprint density at radius 1 is 1.53 bits per heavy atom. The van der Waals surface area contributed by atoms with Gasteiger partial charge in [0.2, 0.25) is 0 Å². The van der Waals surface area contributed by atoms with Crippen molar-refractivity contribution in [3.05, 3.63) is 29.6 Å². The molecule has 0 aromatic carbocycles. The highest BCUT2D eigenvalue weighted by atomic mass is 16.3. The number of rotatable bonds is 3. The Bertz CT molecular complexity index is 423. The number of aliphatic hydroxyl groups excluding tert-OH is 1. The van der Waals surface area contributed by atoms with Gasteiger partial charge in [-0.05, 0) is 37.3 Å². The fraction of sp³-hybridized carbons (Fsp3) is 0.571. The predicted octanol–water partition coefficient (Wildman–Crippen LogP) is 0.773. The first-order valence-corrected chi connectivity index (χ1v) is 6.74. The van der Waals surface area contributed by atoms with Crippen molar-refractivity contribution in [3.8, 4) is 0 Å². The van der Waals surface area contributed by atoms with Gasteiger partial charge in [0.1, 0.15) is 5.69 Å². The molecular weight excluding hydrogens is 242 g/mol. The number of pyridine rings is 1. The number of carbonyl (C=O) groups is 1. The summed E-state index contributed by atoms with van der Waals surface area (Å²) in [5.74, 6) is 0.268. The molecule has 0 saturated carbocycles. The van der Waals surface area contributed by atoms with E-state index in [2.05, 4.69) is 4.98 Å². The van der Waals surface area contributed by atoms with Crippen LogP contribution in [-0.2, 0) is 6.54 Å². The topological polar surface area (TPSA) is 79.5 Å². The summed E-state index contributed by atoms with van der Waals surface area (Å²) in [6.07, 6.45) is 3.06. The molecule has 1 aliphatic heterocycles. The van der Waals surface area contributed by atoms with E-state index in [0.717, 1.165) is 18.4 Å². The van der Waals surface area contributed by atoms with E-state index in [1.165, 1.54) is 0 Å². The van der Waals surface area contributed by atoms with E-state index in [1.807, 2.05) is 17.9 Å². The number of aliphatic hydroxyl groups is 1. The lowest BCUT2D eigenvalue weighted by atomic mass is 9.92. The minimum absolute atomic E-state index is 0.0346. The van der Waals surface area contributed by atoms with E-state index in [4.69, 9.17) is 5.73 Å². The fourth-order valence-corrected chi connectivity index (χ4v) is 2.42. The minimum Gasteiger partial charge on any atom is -0.393 e. The highest BCUT2D eigenvalue weighted by Gasteiger charge is 2.26. The first-order chi connectivity index (χ1) is 9.11. The number of likely N-dealkylation sites (tertiary alicyclic amines) is 1. The van der Waals surface area contributed by atoms with Gasteiger partial charge >= 0.3 is 0 Å². The molecule has 0 radical (unpaired) electrons. The van der Waals surface area contributed by atoms with Crippen LogP contribution >= 0.6 is 0 Å². The number of amides is 1. The van der Waals surface area contributed by atoms with Crippen LogP contribution in [0, 0.1) is 5.92 Å². The van der Waals surface area contributed by atoms with Gasteiger partial charge in [-0.15, -0.1) is 0 Å². The van der Waals surface area contributed by atoms with Crippen LogP contribution in [0.4, 0.5) is 0 Å². The maximum atomic E-state index is 12.2. The number of hydrogen-bond acceptors (Lipinski definition) is 4. The zero-order chi connectivity index (χ0) is 13.8. The summed E-state index contributed by atoms with van der Waals surface area (Å²) in [6.45, 7) is 3.62. The Morgan fingerprint density at radius 2 is 2.21 bits per heavy atom. The minimum atomic E-state index is -0.292. The summed E-state index contributed by atoms with van der Waals surface area (Å²) in [5.41, 5.74) is 6.89. The van der Waals surface area contributed by atoms with Gasteiger partial charge in [-0.3, -0.25) is 9.78 Å². The van der Waals surface area contributed by atoms with Crippen LogP contribution in [-0.4, -0.2) is 40.1 Å². The van der Waals surface area contributed by atoms with Crippen molar-refractivity contribution in [2.45, 2.75) is 32.4 Å². The quantitative estimate of drug-likeness (QED) is 0.844. The average Bonchev–Trinajstić information content (AvgIpc) is 2.46. The summed E-state index contributed by atoms with van der Waals surface area (Å²) >= 11 is 0. The van der Waals surface area contributed by atoms with Crippen molar-refractivity contribution in [1.82, 2.24) is 9.88 Å². The molecule has 1 fully saturated rings. The van der Waals surface area contributed by atoms with Crippen molar-refractivity contribution in [2.75, 3.05) is 13.1 Å². The first kappa shape index (κ1) is 14.0. The number of hydrogen-bond donors (Lipinski definition) is 2. The fourth-order valence-electron chi connectivity index (χ4n) is 2.42. The van der Waals surface area contributed by atoms with Gasteiger partial charge < -0.3 is 15.7 Å². The molecule has 1 atom stereocenters. The van der Waals surface area contributed by atoms with Crippen molar-refractivity contribution in [3.63, 3.8) is 0 Å². The van der Waals surface area contributed by atoms with E-state index in [0.29, 0.717) is 31.2 Å². The van der Waals surface area contributed by atoms with Gasteiger partial charge in [-0.25, -0.2) is 0 Å². The molecule has 0 spiro atoms. The van der Waals surface area contributed by atoms with Crippen LogP contribution in [0.15, 0.2) is 18.3 Å². The molecule has 1 unspecified atom stereocenters. The maximum Gasteiger partial charge on any atom is 0.272 e. The summed E-state index contributed by atoms with van der Waals surface area (Å²) in [5, 5.41) is 9.55. The van der Waals surface area contributed by atoms with Gasteiger partial charge in [0.15, 0.2) is 0 Å². The Kier molecular flexibility index (Phi) is 4.50. The summed E-state index contributed by atoms with van der Waals surface area (Å²) in [7, 11) is 0. The number of nitrogens with two attached hydrogens (primary N) is 1. The van der Waals surface area contributed by atoms with E-state index in [9.17, 15) is 9.90 Å². The number of nitrogens with zero attached hydrogens (tertiary/aromatic N) is 2. The molecule has 1 saturated heterocycles. The van der Waals surface area contributed by atoms with Crippen LogP contribution in [0.1, 0.15) is 35.8 Å². The van der Waals surface area contributed by atoms with Crippen molar-refractivity contribution in [1.29, 1.82) is 0 Å². The smallest absolute Gasteiger partial charge is 0.272 e. The lowest BCUT2D eigenvalue weighted by Gasteiger charge is -2.33. The normalized spacial score (nSPS) is 18.4. The van der Waals surface area contributed by atoms with Crippen LogP contribution in [0.2, 0.25) is 0 Å². The maximum absolute atomic E-state index is 12.2. The molecule has 5 heteroatoms. The molecule has 1 aliphatic rings. The summed E-state index contributed by atoms with van der Waals surface area (Å²) in [6, 6.07) is 3.56. The molecule has 104 valence electrons. The molecule has 2 rings (SSSR count). The number of aromatic nitrogens is 1. The molecule has 1 aromatic rings. The predicted molar refractivity (Wildman–Crippen MR) is 72.4 cm³/mol. The third kappa shape index (κ3) is 3.30. The Labute approximate surface area is 113 Å². The molecule has 2 heterocycles. The molecule has 1 amide bonds. The zero-order valence-corrected chi connectivity index (χ0v) is 11.2. The summed E-state index contributed by atoms with van der Waals surface area (Å²) < 4.78 is 0. The van der Waals surface area contributed by atoms with E-state index in [-0.39, 0.29) is 12.0 Å². The molecule has 19 heavy (non-hydrogen) atoms. The van der Waals surface area contributed by atoms with Crippen LogP contribution in [0.25, 0.3) is 0 Å². The molecule has 0 bridgehead atoms. The van der Waals surface area contributed by atoms with Crippen molar-refractivity contribution in [2.24, 2.45) is 11.7 Å². The Hall–Kier alpha value is -1.46. The largest absolute Gasteiger partial charge is 0.393 e. The lowest BCUT2D eigenvalue weighted by molar-refractivity contribution is 0.0517. The standard InChI is InChI=1S/C14H21N3O2/c1-10(18)12-4-6-17(7-5-12)14(19)13-3-2-11(8-15)9-16-13/h2-3,9-10,12,18H,4-8,15H2,1H3. The second-order valence-electron chi connectivity index (χ2n) is 5.13. The first-order valence-electron chi connectivity index (χ1n) is 6.74. The van der Waals surface area contributed by atoms with Gasteiger partial charge in [-0.1, -0.05) is 6.07 Å². The van der Waals surface area contributed by atoms with Gasteiger partial charge in [-0.2, -0.15) is 0 Å². The van der Waals surface area contributed by atoms with Crippen LogP contribution < -0.4 is 5.73 Å². The van der Waals surface area contributed by atoms with Gasteiger partial charge in [0, 0.05) is 25.8 Å². The van der Waals surface area contributed by atoms with Gasteiger partial charge in [0.25, 0.3) is 5.91 Å². The van der Waals surface area contributed by atoms with E-state index < -0.39 is 0 Å². The Morgan fingerprint density at radius 3 is 2.68 bits per heavy atom. The molecule has 1 aromatic heterocycles. The number of carbonyl (C=O) groups excluding carboxylic acids is 1. The van der Waals surface area contributed by atoms with Crippen LogP contribution in [0.5, 0.6) is 0 Å². The van der Waals surface area contributed by atoms with E-state index in [1.54, 1.807) is 12.3 Å².